The van der Waals surface area contributed by atoms with Gasteiger partial charge in [0.1, 0.15) is 5.76 Å². The molecular formula is C19H21BrN4O4. The van der Waals surface area contributed by atoms with Crippen LogP contribution in [0, 0.1) is 0 Å². The number of rotatable bonds is 7. The van der Waals surface area contributed by atoms with Crippen LogP contribution in [0.25, 0.3) is 0 Å². The Morgan fingerprint density at radius 2 is 2.18 bits per heavy atom. The first-order chi connectivity index (χ1) is 13.6. The van der Waals surface area contributed by atoms with E-state index in [1.165, 1.54) is 6.21 Å². The van der Waals surface area contributed by atoms with Crippen LogP contribution in [0.5, 0.6) is 0 Å². The SMILES string of the molecule is O=C(NC[C@@H]1CCCO1)C(=O)N/N=C\c1cc(Br)ccc1NCc1ccco1. The van der Waals surface area contributed by atoms with Gasteiger partial charge in [0.25, 0.3) is 0 Å². The van der Waals surface area contributed by atoms with E-state index in [4.69, 9.17) is 9.15 Å². The minimum Gasteiger partial charge on any atom is -0.467 e. The Hall–Kier alpha value is -2.65. The number of carbonyl (C=O) groups excluding carboxylic acids is 2. The highest BCUT2D eigenvalue weighted by Gasteiger charge is 2.19. The fraction of sp³-hybridized carbons (Fsp3) is 0.316. The molecule has 1 aromatic heterocycles. The first-order valence-electron chi connectivity index (χ1n) is 8.90. The van der Waals surface area contributed by atoms with Gasteiger partial charge in [-0.05, 0) is 43.2 Å². The van der Waals surface area contributed by atoms with E-state index in [0.717, 1.165) is 34.3 Å². The van der Waals surface area contributed by atoms with E-state index < -0.39 is 11.8 Å². The number of hydrogen-bond acceptors (Lipinski definition) is 6. The fourth-order valence-corrected chi connectivity index (χ4v) is 3.08. The molecule has 0 bridgehead atoms. The Labute approximate surface area is 170 Å². The molecule has 148 valence electrons. The van der Waals surface area contributed by atoms with Gasteiger partial charge in [-0.2, -0.15) is 5.10 Å². The number of amides is 2. The predicted molar refractivity (Wildman–Crippen MR) is 108 cm³/mol. The second-order valence-electron chi connectivity index (χ2n) is 6.21. The normalized spacial score (nSPS) is 16.2. The maximum atomic E-state index is 11.9. The lowest BCUT2D eigenvalue weighted by atomic mass is 10.2. The van der Waals surface area contributed by atoms with Gasteiger partial charge >= 0.3 is 11.8 Å². The second-order valence-corrected chi connectivity index (χ2v) is 7.12. The lowest BCUT2D eigenvalue weighted by molar-refractivity contribution is -0.139. The molecule has 3 rings (SSSR count). The minimum absolute atomic E-state index is 0.0234. The summed E-state index contributed by atoms with van der Waals surface area (Å²) in [7, 11) is 0. The van der Waals surface area contributed by atoms with Gasteiger partial charge in [0.2, 0.25) is 0 Å². The summed E-state index contributed by atoms with van der Waals surface area (Å²) in [5.41, 5.74) is 3.78. The monoisotopic (exact) mass is 448 g/mol. The van der Waals surface area contributed by atoms with Crippen molar-refractivity contribution in [2.75, 3.05) is 18.5 Å². The van der Waals surface area contributed by atoms with Crippen molar-refractivity contribution in [1.82, 2.24) is 10.7 Å². The number of hydrogen-bond donors (Lipinski definition) is 3. The Morgan fingerprint density at radius 3 is 2.93 bits per heavy atom. The molecule has 28 heavy (non-hydrogen) atoms. The van der Waals surface area contributed by atoms with Crippen LogP contribution in [0.2, 0.25) is 0 Å². The van der Waals surface area contributed by atoms with Crippen molar-refractivity contribution in [2.45, 2.75) is 25.5 Å². The third-order valence-electron chi connectivity index (χ3n) is 4.14. The molecule has 1 atom stereocenters. The number of halogens is 1. The smallest absolute Gasteiger partial charge is 0.329 e. The first-order valence-corrected chi connectivity index (χ1v) is 9.70. The van der Waals surface area contributed by atoms with E-state index in [-0.39, 0.29) is 6.10 Å². The highest BCUT2D eigenvalue weighted by Crippen LogP contribution is 2.20. The Morgan fingerprint density at radius 1 is 1.29 bits per heavy atom. The molecule has 0 unspecified atom stereocenters. The van der Waals surface area contributed by atoms with Crippen LogP contribution in [-0.2, 0) is 20.9 Å². The molecule has 0 aliphatic carbocycles. The predicted octanol–water partition coefficient (Wildman–Crippen LogP) is 2.40. The number of hydrazone groups is 1. The summed E-state index contributed by atoms with van der Waals surface area (Å²) in [5, 5.41) is 9.68. The Kier molecular flexibility index (Phi) is 7.21. The number of anilines is 1. The molecule has 1 aromatic carbocycles. The van der Waals surface area contributed by atoms with E-state index in [0.29, 0.717) is 19.7 Å². The first kappa shape index (κ1) is 20.1. The van der Waals surface area contributed by atoms with Crippen LogP contribution in [-0.4, -0.2) is 37.3 Å². The number of nitrogens with one attached hydrogen (secondary N) is 3. The van der Waals surface area contributed by atoms with E-state index >= 15 is 0 Å². The molecule has 2 heterocycles. The van der Waals surface area contributed by atoms with Crippen molar-refractivity contribution in [2.24, 2.45) is 5.10 Å². The largest absolute Gasteiger partial charge is 0.467 e. The molecule has 8 nitrogen and oxygen atoms in total. The zero-order valence-electron chi connectivity index (χ0n) is 15.1. The zero-order chi connectivity index (χ0) is 19.8. The topological polar surface area (TPSA) is 105 Å². The van der Waals surface area contributed by atoms with Crippen LogP contribution >= 0.6 is 15.9 Å². The van der Waals surface area contributed by atoms with Gasteiger partial charge in [-0.15, -0.1) is 0 Å². The maximum Gasteiger partial charge on any atom is 0.329 e. The van der Waals surface area contributed by atoms with Gasteiger partial charge in [0, 0.05) is 28.9 Å². The summed E-state index contributed by atoms with van der Waals surface area (Å²) < 4.78 is 11.6. The zero-order valence-corrected chi connectivity index (χ0v) is 16.7. The average Bonchev–Trinajstić information content (AvgIpc) is 3.39. The van der Waals surface area contributed by atoms with Gasteiger partial charge in [-0.3, -0.25) is 9.59 Å². The molecule has 2 aromatic rings. The van der Waals surface area contributed by atoms with Gasteiger partial charge < -0.3 is 19.8 Å². The summed E-state index contributed by atoms with van der Waals surface area (Å²) in [6.07, 6.45) is 4.92. The number of ether oxygens (including phenoxy) is 1. The minimum atomic E-state index is -0.825. The third kappa shape index (κ3) is 5.93. The molecule has 1 aliphatic rings. The van der Waals surface area contributed by atoms with E-state index in [2.05, 4.69) is 37.1 Å². The van der Waals surface area contributed by atoms with Gasteiger partial charge in [-0.1, -0.05) is 15.9 Å². The van der Waals surface area contributed by atoms with Crippen molar-refractivity contribution in [3.63, 3.8) is 0 Å². The Bertz CT molecular complexity index is 832. The number of benzene rings is 1. The molecule has 2 amide bonds. The van der Waals surface area contributed by atoms with E-state index in [1.54, 1.807) is 6.26 Å². The lowest BCUT2D eigenvalue weighted by Gasteiger charge is -2.10. The van der Waals surface area contributed by atoms with E-state index in [1.807, 2.05) is 30.3 Å². The molecule has 0 spiro atoms. The summed E-state index contributed by atoms with van der Waals surface area (Å²) in [6, 6.07) is 9.30. The molecular weight excluding hydrogens is 428 g/mol. The van der Waals surface area contributed by atoms with Crippen LogP contribution in [0.4, 0.5) is 5.69 Å². The number of carbonyl (C=O) groups is 2. The average molecular weight is 449 g/mol. The maximum absolute atomic E-state index is 11.9. The summed E-state index contributed by atoms with van der Waals surface area (Å²) in [6.45, 7) is 1.52. The van der Waals surface area contributed by atoms with Crippen LogP contribution < -0.4 is 16.1 Å². The fourth-order valence-electron chi connectivity index (χ4n) is 2.70. The van der Waals surface area contributed by atoms with Crippen molar-refractivity contribution in [1.29, 1.82) is 0 Å². The number of nitrogens with zero attached hydrogens (tertiary/aromatic N) is 1. The summed E-state index contributed by atoms with van der Waals surface area (Å²) in [4.78, 5) is 23.7. The molecule has 9 heteroatoms. The van der Waals surface area contributed by atoms with Crippen molar-refractivity contribution >= 4 is 39.6 Å². The summed E-state index contributed by atoms with van der Waals surface area (Å²) in [5.74, 6) is -0.769. The second kappa shape index (κ2) is 10.0. The van der Waals surface area contributed by atoms with Crippen molar-refractivity contribution < 1.29 is 18.7 Å². The Balaban J connectivity index is 1.52. The molecule has 0 radical (unpaired) electrons. The highest BCUT2D eigenvalue weighted by atomic mass is 79.9. The lowest BCUT2D eigenvalue weighted by Crippen LogP contribution is -2.41. The number of furan rings is 1. The van der Waals surface area contributed by atoms with Crippen LogP contribution in [0.1, 0.15) is 24.2 Å². The highest BCUT2D eigenvalue weighted by molar-refractivity contribution is 9.10. The van der Waals surface area contributed by atoms with E-state index in [9.17, 15) is 9.59 Å². The molecule has 1 aliphatic heterocycles. The third-order valence-corrected chi connectivity index (χ3v) is 4.63. The van der Waals surface area contributed by atoms with Crippen LogP contribution in [0.3, 0.4) is 0 Å². The molecule has 1 saturated heterocycles. The van der Waals surface area contributed by atoms with Gasteiger partial charge in [-0.25, -0.2) is 5.43 Å². The van der Waals surface area contributed by atoms with Crippen molar-refractivity contribution in [3.05, 3.63) is 52.4 Å². The van der Waals surface area contributed by atoms with Crippen LogP contribution in [0.15, 0.2) is 50.6 Å². The molecule has 1 fully saturated rings. The quantitative estimate of drug-likeness (QED) is 0.342. The molecule has 3 N–H and O–H groups in total. The van der Waals surface area contributed by atoms with Gasteiger partial charge in [0.05, 0.1) is 25.1 Å². The summed E-state index contributed by atoms with van der Waals surface area (Å²) >= 11 is 3.41. The van der Waals surface area contributed by atoms with Gasteiger partial charge in [0.15, 0.2) is 0 Å². The standard InChI is InChI=1S/C19H21BrN4O4/c20-14-5-6-17(21-11-15-3-1-7-27-15)13(9-14)10-23-24-19(26)18(25)22-12-16-4-2-8-28-16/h1,3,5-7,9-10,16,21H,2,4,8,11-12H2,(H,22,25)(H,24,26)/b23-10-/t16-/m0/s1. The van der Waals surface area contributed by atoms with Crippen molar-refractivity contribution in [3.8, 4) is 0 Å². The molecule has 0 saturated carbocycles.